The second kappa shape index (κ2) is 3.56. The van der Waals surface area contributed by atoms with Gasteiger partial charge in [-0.2, -0.15) is 0 Å². The maximum atomic E-state index is 4.30. The number of rotatable bonds is 2. The number of hydrogen-bond acceptors (Lipinski definition) is 1. The summed E-state index contributed by atoms with van der Waals surface area (Å²) in [5, 5.41) is 1.26. The maximum absolute atomic E-state index is 4.30. The molecule has 0 amide bonds. The van der Waals surface area contributed by atoms with Gasteiger partial charge in [-0.05, 0) is 30.5 Å². The molecule has 0 saturated carbocycles. The van der Waals surface area contributed by atoms with Crippen molar-refractivity contribution in [2.45, 2.75) is 12.8 Å². The van der Waals surface area contributed by atoms with Crippen LogP contribution in [0.5, 0.6) is 0 Å². The van der Waals surface area contributed by atoms with Gasteiger partial charge >= 0.3 is 0 Å². The predicted molar refractivity (Wildman–Crippen MR) is 55.4 cm³/mol. The van der Waals surface area contributed by atoms with E-state index in [4.69, 9.17) is 0 Å². The van der Waals surface area contributed by atoms with E-state index >= 15 is 0 Å². The first-order valence-corrected chi connectivity index (χ1v) is 4.53. The molecule has 1 nitrogen and oxygen atoms in total. The van der Waals surface area contributed by atoms with Gasteiger partial charge in [-0.1, -0.05) is 25.1 Å². The van der Waals surface area contributed by atoms with E-state index in [9.17, 15) is 0 Å². The van der Waals surface area contributed by atoms with Gasteiger partial charge in [-0.3, -0.25) is 4.98 Å². The Bertz CT molecular complexity index is 401. The Morgan fingerprint density at radius 2 is 2.08 bits per heavy atom. The summed E-state index contributed by atoms with van der Waals surface area (Å²) >= 11 is 0. The zero-order valence-electron chi connectivity index (χ0n) is 7.53. The fraction of sp³-hybridized carbons (Fsp3) is 0.167. The molecular formula is C12H12N. The monoisotopic (exact) mass is 170 g/mol. The summed E-state index contributed by atoms with van der Waals surface area (Å²) in [6, 6.07) is 10.3. The van der Waals surface area contributed by atoms with E-state index in [1.807, 2.05) is 18.3 Å². The van der Waals surface area contributed by atoms with Gasteiger partial charge in [0.1, 0.15) is 0 Å². The lowest BCUT2D eigenvalue weighted by molar-refractivity contribution is 1.01. The number of aryl methyl sites for hydroxylation is 1. The standard InChI is InChI=1S/C12H12N/c1-2-5-10-6-3-8-12-11(10)7-4-9-13-12/h3-4,6-9H,1-2,5H2. The van der Waals surface area contributed by atoms with Crippen LogP contribution >= 0.6 is 0 Å². The van der Waals surface area contributed by atoms with Crippen LogP contribution < -0.4 is 0 Å². The van der Waals surface area contributed by atoms with Gasteiger partial charge in [0.05, 0.1) is 5.52 Å². The quantitative estimate of drug-likeness (QED) is 0.675. The second-order valence-corrected chi connectivity index (χ2v) is 3.09. The normalized spacial score (nSPS) is 10.5. The Morgan fingerprint density at radius 3 is 2.92 bits per heavy atom. The van der Waals surface area contributed by atoms with E-state index < -0.39 is 0 Å². The molecule has 0 aliphatic heterocycles. The van der Waals surface area contributed by atoms with Crippen molar-refractivity contribution in [3.05, 3.63) is 49.0 Å². The fourth-order valence-corrected chi connectivity index (χ4v) is 1.58. The van der Waals surface area contributed by atoms with E-state index in [0.717, 1.165) is 18.4 Å². The molecule has 1 aromatic heterocycles. The first-order valence-electron chi connectivity index (χ1n) is 4.53. The van der Waals surface area contributed by atoms with Crippen LogP contribution in [0.2, 0.25) is 0 Å². The van der Waals surface area contributed by atoms with Crippen LogP contribution in [0, 0.1) is 6.92 Å². The Balaban J connectivity index is 2.61. The van der Waals surface area contributed by atoms with Crippen molar-refractivity contribution in [1.29, 1.82) is 0 Å². The molecule has 0 bridgehead atoms. The van der Waals surface area contributed by atoms with Crippen molar-refractivity contribution in [3.63, 3.8) is 0 Å². The predicted octanol–water partition coefficient (Wildman–Crippen LogP) is 3.00. The van der Waals surface area contributed by atoms with Crippen molar-refractivity contribution in [2.24, 2.45) is 0 Å². The summed E-state index contributed by atoms with van der Waals surface area (Å²) in [5.74, 6) is 0. The van der Waals surface area contributed by atoms with Crippen molar-refractivity contribution < 1.29 is 0 Å². The summed E-state index contributed by atoms with van der Waals surface area (Å²) in [5.41, 5.74) is 2.43. The lowest BCUT2D eigenvalue weighted by atomic mass is 10.0. The number of hydrogen-bond donors (Lipinski definition) is 0. The van der Waals surface area contributed by atoms with Gasteiger partial charge in [-0.25, -0.2) is 0 Å². The van der Waals surface area contributed by atoms with Crippen LogP contribution in [0.1, 0.15) is 12.0 Å². The first-order chi connectivity index (χ1) is 6.42. The average molecular weight is 170 g/mol. The van der Waals surface area contributed by atoms with E-state index in [2.05, 4.69) is 30.1 Å². The molecular weight excluding hydrogens is 158 g/mol. The van der Waals surface area contributed by atoms with Gasteiger partial charge in [0.15, 0.2) is 0 Å². The molecule has 0 aliphatic rings. The molecule has 65 valence electrons. The molecule has 2 aromatic rings. The van der Waals surface area contributed by atoms with E-state index in [0.29, 0.717) is 0 Å². The Morgan fingerprint density at radius 1 is 1.15 bits per heavy atom. The smallest absolute Gasteiger partial charge is 0.0704 e. The van der Waals surface area contributed by atoms with Gasteiger partial charge < -0.3 is 0 Å². The summed E-state index contributed by atoms with van der Waals surface area (Å²) in [4.78, 5) is 4.30. The number of pyridine rings is 1. The summed E-state index contributed by atoms with van der Waals surface area (Å²) < 4.78 is 0. The third-order valence-corrected chi connectivity index (χ3v) is 2.18. The van der Waals surface area contributed by atoms with Crippen molar-refractivity contribution in [3.8, 4) is 0 Å². The SMILES string of the molecule is [CH2]CCc1cccc2ncccc12. The minimum absolute atomic E-state index is 0.938. The molecule has 0 spiro atoms. The van der Waals surface area contributed by atoms with Gasteiger partial charge in [0, 0.05) is 11.6 Å². The zero-order valence-corrected chi connectivity index (χ0v) is 7.53. The molecule has 2 rings (SSSR count). The van der Waals surface area contributed by atoms with Crippen molar-refractivity contribution in [2.75, 3.05) is 0 Å². The third kappa shape index (κ3) is 1.55. The minimum atomic E-state index is 0.938. The summed E-state index contributed by atoms with van der Waals surface area (Å²) in [7, 11) is 0. The molecule has 1 aromatic carbocycles. The minimum Gasteiger partial charge on any atom is -0.256 e. The Labute approximate surface area is 78.4 Å². The number of aromatic nitrogens is 1. The van der Waals surface area contributed by atoms with Crippen LogP contribution in [0.15, 0.2) is 36.5 Å². The Kier molecular flexibility index (Phi) is 2.26. The molecule has 1 radical (unpaired) electrons. The summed E-state index contributed by atoms with van der Waals surface area (Å²) in [6.07, 6.45) is 3.80. The highest BCUT2D eigenvalue weighted by atomic mass is 14.6. The highest BCUT2D eigenvalue weighted by Crippen LogP contribution is 2.17. The maximum Gasteiger partial charge on any atom is 0.0704 e. The molecule has 0 N–H and O–H groups in total. The zero-order chi connectivity index (χ0) is 9.10. The number of nitrogens with zero attached hydrogens (tertiary/aromatic N) is 1. The molecule has 0 atom stereocenters. The molecule has 1 heterocycles. The third-order valence-electron chi connectivity index (χ3n) is 2.18. The van der Waals surface area contributed by atoms with Gasteiger partial charge in [0.2, 0.25) is 0 Å². The highest BCUT2D eigenvalue weighted by Gasteiger charge is 1.98. The number of benzene rings is 1. The Hall–Kier alpha value is -1.37. The van der Waals surface area contributed by atoms with Crippen molar-refractivity contribution in [1.82, 2.24) is 4.98 Å². The second-order valence-electron chi connectivity index (χ2n) is 3.09. The average Bonchev–Trinajstić information content (AvgIpc) is 2.19. The molecule has 1 heteroatoms. The van der Waals surface area contributed by atoms with Crippen LogP contribution in [-0.2, 0) is 6.42 Å². The lowest BCUT2D eigenvalue weighted by Gasteiger charge is -2.03. The fourth-order valence-electron chi connectivity index (χ4n) is 1.58. The molecule has 0 aliphatic carbocycles. The highest BCUT2D eigenvalue weighted by molar-refractivity contribution is 5.81. The molecule has 0 saturated heterocycles. The van der Waals surface area contributed by atoms with E-state index in [-0.39, 0.29) is 0 Å². The molecule has 0 unspecified atom stereocenters. The van der Waals surface area contributed by atoms with Crippen LogP contribution in [-0.4, -0.2) is 4.98 Å². The van der Waals surface area contributed by atoms with Crippen LogP contribution in [0.4, 0.5) is 0 Å². The molecule has 13 heavy (non-hydrogen) atoms. The first kappa shape index (κ1) is 8.24. The van der Waals surface area contributed by atoms with Crippen molar-refractivity contribution >= 4 is 10.9 Å². The molecule has 0 fully saturated rings. The van der Waals surface area contributed by atoms with Crippen LogP contribution in [0.3, 0.4) is 0 Å². The van der Waals surface area contributed by atoms with Gasteiger partial charge in [-0.15, -0.1) is 0 Å². The number of fused-ring (bicyclic) bond motifs is 1. The largest absolute Gasteiger partial charge is 0.256 e. The lowest BCUT2D eigenvalue weighted by Crippen LogP contribution is -1.86. The van der Waals surface area contributed by atoms with Gasteiger partial charge in [0.25, 0.3) is 0 Å². The van der Waals surface area contributed by atoms with E-state index in [1.54, 1.807) is 0 Å². The van der Waals surface area contributed by atoms with Crippen LogP contribution in [0.25, 0.3) is 10.9 Å². The van der Waals surface area contributed by atoms with E-state index in [1.165, 1.54) is 10.9 Å². The topological polar surface area (TPSA) is 12.9 Å². The summed E-state index contributed by atoms with van der Waals surface area (Å²) in [6.45, 7) is 3.87.